The largest absolute Gasteiger partial charge is 0.391 e. The second kappa shape index (κ2) is 7.01. The van der Waals surface area contributed by atoms with E-state index >= 15 is 0 Å². The third-order valence-corrected chi connectivity index (χ3v) is 3.69. The van der Waals surface area contributed by atoms with Crippen molar-refractivity contribution in [3.05, 3.63) is 0 Å². The highest BCUT2D eigenvalue weighted by molar-refractivity contribution is 7.80. The summed E-state index contributed by atoms with van der Waals surface area (Å²) in [6.07, 6.45) is 1.77. The van der Waals surface area contributed by atoms with Crippen molar-refractivity contribution in [3.8, 4) is 0 Å². The third kappa shape index (κ3) is 3.63. The molecule has 104 valence electrons. The number of nitrogens with zero attached hydrogens (tertiary/aromatic N) is 1. The molecular weight excluding hydrogens is 252 g/mol. The maximum absolute atomic E-state index is 11.8. The minimum Gasteiger partial charge on any atom is -0.391 e. The highest BCUT2D eigenvalue weighted by Crippen LogP contribution is 2.27. The van der Waals surface area contributed by atoms with Gasteiger partial charge in [-0.05, 0) is 6.92 Å². The lowest BCUT2D eigenvalue weighted by molar-refractivity contribution is -0.135. The highest BCUT2D eigenvalue weighted by atomic mass is 32.1. The van der Waals surface area contributed by atoms with Gasteiger partial charge in [0, 0.05) is 39.6 Å². The van der Waals surface area contributed by atoms with Crippen LogP contribution in [0.3, 0.4) is 0 Å². The van der Waals surface area contributed by atoms with E-state index in [0.29, 0.717) is 50.6 Å². The predicted octanol–water partition coefficient (Wildman–Crippen LogP) is 0.707. The molecule has 1 heterocycles. The average Bonchev–Trinajstić information content (AvgIpc) is 2.37. The summed E-state index contributed by atoms with van der Waals surface area (Å²) in [6, 6.07) is 0. The van der Waals surface area contributed by atoms with Gasteiger partial charge in [0.05, 0.1) is 13.0 Å². The number of carbonyl (C=O) groups excluding carboxylic acids is 1. The van der Waals surface area contributed by atoms with Gasteiger partial charge in [0.2, 0.25) is 5.91 Å². The van der Waals surface area contributed by atoms with Gasteiger partial charge >= 0.3 is 0 Å². The zero-order valence-electron chi connectivity index (χ0n) is 11.1. The minimum atomic E-state index is -0.526. The molecule has 1 amide bonds. The first-order valence-corrected chi connectivity index (χ1v) is 6.67. The smallest absolute Gasteiger partial charge is 0.224 e. The van der Waals surface area contributed by atoms with Crippen LogP contribution in [-0.2, 0) is 14.3 Å². The van der Waals surface area contributed by atoms with Crippen molar-refractivity contribution in [1.82, 2.24) is 4.90 Å². The van der Waals surface area contributed by atoms with Crippen molar-refractivity contribution in [3.63, 3.8) is 0 Å². The van der Waals surface area contributed by atoms with Gasteiger partial charge < -0.3 is 20.1 Å². The Morgan fingerprint density at radius 1 is 1.44 bits per heavy atom. The van der Waals surface area contributed by atoms with E-state index in [4.69, 9.17) is 27.4 Å². The zero-order valence-corrected chi connectivity index (χ0v) is 11.9. The van der Waals surface area contributed by atoms with Crippen molar-refractivity contribution in [2.75, 3.05) is 33.4 Å². The quantitative estimate of drug-likeness (QED) is 0.723. The molecule has 0 aromatic carbocycles. The van der Waals surface area contributed by atoms with E-state index in [-0.39, 0.29) is 5.91 Å². The first kappa shape index (κ1) is 15.3. The molecule has 0 aliphatic carbocycles. The number of carbonyl (C=O) groups is 1. The van der Waals surface area contributed by atoms with E-state index < -0.39 is 5.60 Å². The van der Waals surface area contributed by atoms with Crippen molar-refractivity contribution in [2.24, 2.45) is 5.73 Å². The number of likely N-dealkylation sites (tertiary alicyclic amines) is 1. The van der Waals surface area contributed by atoms with E-state index in [2.05, 4.69) is 0 Å². The van der Waals surface area contributed by atoms with Crippen LogP contribution in [0.1, 0.15) is 26.2 Å². The fourth-order valence-corrected chi connectivity index (χ4v) is 2.47. The van der Waals surface area contributed by atoms with Gasteiger partial charge in [-0.2, -0.15) is 0 Å². The van der Waals surface area contributed by atoms with Crippen LogP contribution in [0.5, 0.6) is 0 Å². The summed E-state index contributed by atoms with van der Waals surface area (Å²) in [6.45, 7) is 4.24. The predicted molar refractivity (Wildman–Crippen MR) is 73.4 cm³/mol. The first-order valence-electron chi connectivity index (χ1n) is 6.26. The molecule has 0 aromatic heterocycles. The summed E-state index contributed by atoms with van der Waals surface area (Å²) in [4.78, 5) is 14.1. The van der Waals surface area contributed by atoms with Crippen molar-refractivity contribution in [2.45, 2.75) is 31.8 Å². The van der Waals surface area contributed by atoms with Crippen LogP contribution in [0.4, 0.5) is 0 Å². The molecule has 0 saturated carbocycles. The first-order chi connectivity index (χ1) is 8.55. The molecule has 0 atom stereocenters. The summed E-state index contributed by atoms with van der Waals surface area (Å²) in [7, 11) is 1.59. The van der Waals surface area contributed by atoms with Crippen LogP contribution in [0.15, 0.2) is 0 Å². The van der Waals surface area contributed by atoms with Crippen LogP contribution in [0.2, 0.25) is 0 Å². The summed E-state index contributed by atoms with van der Waals surface area (Å²) >= 11 is 5.10. The Kier molecular flexibility index (Phi) is 5.98. The molecule has 2 N–H and O–H groups in total. The number of thiocarbonyl (C=S) groups is 1. The monoisotopic (exact) mass is 274 g/mol. The summed E-state index contributed by atoms with van der Waals surface area (Å²) < 4.78 is 10.6. The molecule has 0 radical (unpaired) electrons. The normalized spacial score (nSPS) is 18.7. The second-order valence-corrected chi connectivity index (χ2v) is 4.85. The van der Waals surface area contributed by atoms with Crippen molar-refractivity contribution >= 4 is 23.1 Å². The second-order valence-electron chi connectivity index (χ2n) is 4.42. The van der Waals surface area contributed by atoms with Crippen LogP contribution < -0.4 is 5.73 Å². The Morgan fingerprint density at radius 3 is 2.50 bits per heavy atom. The Bertz CT molecular complexity index is 302. The SMILES string of the molecule is CCOC1(C(N)=S)CCN(C(=O)CCOC)CC1. The average molecular weight is 274 g/mol. The lowest BCUT2D eigenvalue weighted by Gasteiger charge is -2.40. The Hall–Kier alpha value is -0.720. The van der Waals surface area contributed by atoms with Gasteiger partial charge in [0.25, 0.3) is 0 Å². The number of amides is 1. The van der Waals surface area contributed by atoms with Crippen LogP contribution in [-0.4, -0.2) is 54.8 Å². The van der Waals surface area contributed by atoms with Crippen molar-refractivity contribution < 1.29 is 14.3 Å². The molecule has 1 aliphatic heterocycles. The molecule has 0 aromatic rings. The van der Waals surface area contributed by atoms with Crippen LogP contribution in [0.25, 0.3) is 0 Å². The van der Waals surface area contributed by atoms with Gasteiger partial charge in [-0.1, -0.05) is 12.2 Å². The van der Waals surface area contributed by atoms with Gasteiger partial charge in [0.15, 0.2) is 0 Å². The van der Waals surface area contributed by atoms with Crippen molar-refractivity contribution in [1.29, 1.82) is 0 Å². The van der Waals surface area contributed by atoms with Gasteiger partial charge in [-0.25, -0.2) is 0 Å². The Morgan fingerprint density at radius 2 is 2.06 bits per heavy atom. The maximum Gasteiger partial charge on any atom is 0.224 e. The Labute approximate surface area is 114 Å². The zero-order chi connectivity index (χ0) is 13.6. The van der Waals surface area contributed by atoms with E-state index in [1.807, 2.05) is 11.8 Å². The highest BCUT2D eigenvalue weighted by Gasteiger charge is 2.39. The van der Waals surface area contributed by atoms with Gasteiger partial charge in [-0.15, -0.1) is 0 Å². The number of methoxy groups -OCH3 is 1. The summed E-state index contributed by atoms with van der Waals surface area (Å²) in [5.41, 5.74) is 5.25. The van der Waals surface area contributed by atoms with Crippen LogP contribution >= 0.6 is 12.2 Å². The van der Waals surface area contributed by atoms with E-state index in [1.54, 1.807) is 7.11 Å². The topological polar surface area (TPSA) is 64.8 Å². The number of hydrogen-bond acceptors (Lipinski definition) is 4. The lowest BCUT2D eigenvalue weighted by atomic mass is 9.91. The molecule has 18 heavy (non-hydrogen) atoms. The molecule has 5 nitrogen and oxygen atoms in total. The fraction of sp³-hybridized carbons (Fsp3) is 0.833. The number of hydrogen-bond donors (Lipinski definition) is 1. The van der Waals surface area contributed by atoms with E-state index in [9.17, 15) is 4.79 Å². The van der Waals surface area contributed by atoms with Crippen LogP contribution in [0, 0.1) is 0 Å². The number of rotatable bonds is 6. The molecule has 0 unspecified atom stereocenters. The number of piperidine rings is 1. The molecule has 1 rings (SSSR count). The number of nitrogens with two attached hydrogens (primary N) is 1. The molecule has 0 spiro atoms. The molecule has 0 bridgehead atoms. The molecule has 6 heteroatoms. The van der Waals surface area contributed by atoms with Gasteiger partial charge in [0.1, 0.15) is 10.6 Å². The number of ether oxygens (including phenoxy) is 2. The Balaban J connectivity index is 2.52. The summed E-state index contributed by atoms with van der Waals surface area (Å²) in [5, 5.41) is 0. The molecule has 1 aliphatic rings. The molecule has 1 saturated heterocycles. The standard InChI is InChI=1S/C12H22N2O3S/c1-3-17-12(11(13)18)5-7-14(8-6-12)10(15)4-9-16-2/h3-9H2,1-2H3,(H2,13,18). The van der Waals surface area contributed by atoms with E-state index in [1.165, 1.54) is 0 Å². The minimum absolute atomic E-state index is 0.116. The van der Waals surface area contributed by atoms with Gasteiger partial charge in [-0.3, -0.25) is 4.79 Å². The maximum atomic E-state index is 11.8. The fourth-order valence-electron chi connectivity index (χ4n) is 2.20. The van der Waals surface area contributed by atoms with E-state index in [0.717, 1.165) is 0 Å². The molecule has 1 fully saturated rings. The summed E-state index contributed by atoms with van der Waals surface area (Å²) in [5.74, 6) is 0.116. The molecular formula is C12H22N2O3S. The lowest BCUT2D eigenvalue weighted by Crippen LogP contribution is -2.54. The third-order valence-electron chi connectivity index (χ3n) is 3.31.